The summed E-state index contributed by atoms with van der Waals surface area (Å²) in [6, 6.07) is 17.0. The first kappa shape index (κ1) is 25.6. The molecule has 3 fully saturated rings. The molecule has 6 amide bonds. The molecule has 10 nitrogen and oxygen atoms in total. The van der Waals surface area contributed by atoms with E-state index in [2.05, 4.69) is 21.3 Å². The minimum atomic E-state index is -0.694. The lowest BCUT2D eigenvalue weighted by atomic mass is 10.1. The number of nitrogens with one attached hydrogen (secondary N) is 4. The fourth-order valence-corrected chi connectivity index (χ4v) is 5.54. The van der Waals surface area contributed by atoms with Crippen LogP contribution in [-0.4, -0.2) is 71.2 Å². The number of rotatable bonds is 4. The molecule has 2 unspecified atom stereocenters. The van der Waals surface area contributed by atoms with Crippen LogP contribution in [0.15, 0.2) is 60.7 Å². The molecule has 3 saturated heterocycles. The van der Waals surface area contributed by atoms with E-state index in [-0.39, 0.29) is 11.8 Å². The van der Waals surface area contributed by atoms with Gasteiger partial charge >= 0.3 is 12.1 Å². The zero-order valence-corrected chi connectivity index (χ0v) is 21.3. The van der Waals surface area contributed by atoms with Crippen LogP contribution in [-0.2, 0) is 22.4 Å². The van der Waals surface area contributed by atoms with Gasteiger partial charge in [0.2, 0.25) is 11.8 Å². The molecule has 5 rings (SSSR count). The molecule has 4 N–H and O–H groups in total. The van der Waals surface area contributed by atoms with Crippen LogP contribution in [0.25, 0.3) is 0 Å². The molecule has 0 bridgehead atoms. The van der Waals surface area contributed by atoms with Crippen molar-refractivity contribution in [1.29, 1.82) is 0 Å². The highest BCUT2D eigenvalue weighted by Gasteiger charge is 2.39. The molecule has 0 aliphatic carbocycles. The van der Waals surface area contributed by atoms with Gasteiger partial charge in [0, 0.05) is 25.9 Å². The van der Waals surface area contributed by atoms with E-state index >= 15 is 0 Å². The van der Waals surface area contributed by atoms with Crippen molar-refractivity contribution in [3.8, 4) is 0 Å². The van der Waals surface area contributed by atoms with Crippen molar-refractivity contribution in [2.75, 3.05) is 13.1 Å². The monoisotopic (exact) mass is 518 g/mol. The quantitative estimate of drug-likeness (QED) is 0.492. The van der Waals surface area contributed by atoms with E-state index in [0.717, 1.165) is 11.1 Å². The zero-order valence-electron chi connectivity index (χ0n) is 21.3. The Bertz CT molecular complexity index is 1020. The molecule has 4 atom stereocenters. The van der Waals surface area contributed by atoms with Gasteiger partial charge in [-0.1, -0.05) is 60.7 Å². The van der Waals surface area contributed by atoms with Crippen molar-refractivity contribution in [2.24, 2.45) is 0 Å². The number of fused-ring (bicyclic) bond motifs is 2. The molecule has 38 heavy (non-hydrogen) atoms. The third-order valence-corrected chi connectivity index (χ3v) is 7.43. The van der Waals surface area contributed by atoms with E-state index in [1.165, 1.54) is 9.80 Å². The normalized spacial score (nSPS) is 26.4. The van der Waals surface area contributed by atoms with Crippen molar-refractivity contribution in [1.82, 2.24) is 31.1 Å². The summed E-state index contributed by atoms with van der Waals surface area (Å²) < 4.78 is 0. The summed E-state index contributed by atoms with van der Waals surface area (Å²) in [6.45, 7) is 0.865. The Morgan fingerprint density at radius 3 is 1.37 bits per heavy atom. The number of urea groups is 2. The fraction of sp³-hybridized carbons (Fsp3) is 0.429. The van der Waals surface area contributed by atoms with Crippen LogP contribution in [0, 0.1) is 0 Å². The first-order chi connectivity index (χ1) is 18.5. The Morgan fingerprint density at radius 2 is 0.974 bits per heavy atom. The first-order valence-corrected chi connectivity index (χ1v) is 13.3. The van der Waals surface area contributed by atoms with Crippen molar-refractivity contribution in [2.45, 2.75) is 62.9 Å². The molecule has 3 aliphatic heterocycles. The third kappa shape index (κ3) is 5.90. The Morgan fingerprint density at radius 1 is 0.579 bits per heavy atom. The van der Waals surface area contributed by atoms with Gasteiger partial charge in [0.05, 0.1) is 0 Å². The summed E-state index contributed by atoms with van der Waals surface area (Å²) in [6.07, 6.45) is 1.79. The topological polar surface area (TPSA) is 123 Å². The standard InChI is InChI=1S/C28H34N6O4/c35-25-21-13-7-16-34(21)28(38)32-24(18-20-11-5-2-6-12-20)30-26(36)22-14-8-15-33(22)27(37)31-23(29-25)17-19-9-3-1-4-10-19/h1-6,9-12,21-24H,7-8,13-18H2,(H,29,35)(H,30,36)(H,31,37)(H,32,38)/t21-,22-,23?,24?/m0/s1. The first-order valence-electron chi connectivity index (χ1n) is 13.3. The van der Waals surface area contributed by atoms with Gasteiger partial charge in [0.1, 0.15) is 24.4 Å². The van der Waals surface area contributed by atoms with Crippen LogP contribution in [0.2, 0.25) is 0 Å². The van der Waals surface area contributed by atoms with Crippen LogP contribution < -0.4 is 21.3 Å². The predicted molar refractivity (Wildman–Crippen MR) is 141 cm³/mol. The molecule has 200 valence electrons. The summed E-state index contributed by atoms with van der Waals surface area (Å²) in [5.74, 6) is -0.616. The average molecular weight is 519 g/mol. The largest absolute Gasteiger partial charge is 0.334 e. The number of carbonyl (C=O) groups excluding carboxylic acids is 4. The smallest absolute Gasteiger partial charge is 0.319 e. The Kier molecular flexibility index (Phi) is 7.76. The Labute approximate surface area is 222 Å². The highest BCUT2D eigenvalue weighted by atomic mass is 16.2. The third-order valence-electron chi connectivity index (χ3n) is 7.43. The number of amides is 6. The van der Waals surface area contributed by atoms with Crippen molar-refractivity contribution in [3.63, 3.8) is 0 Å². The molecule has 10 heteroatoms. The number of carbonyl (C=O) groups is 4. The maximum atomic E-state index is 13.4. The van der Waals surface area contributed by atoms with Gasteiger partial charge in [-0.15, -0.1) is 0 Å². The number of hydrogen-bond acceptors (Lipinski definition) is 4. The lowest BCUT2D eigenvalue weighted by molar-refractivity contribution is -0.127. The fourth-order valence-electron chi connectivity index (χ4n) is 5.54. The second-order valence-electron chi connectivity index (χ2n) is 10.1. The maximum absolute atomic E-state index is 13.4. The summed E-state index contributed by atoms with van der Waals surface area (Å²) in [5.41, 5.74) is 1.89. The molecule has 0 radical (unpaired) electrons. The van der Waals surface area contributed by atoms with Gasteiger partial charge in [-0.25, -0.2) is 9.59 Å². The summed E-state index contributed by atoms with van der Waals surface area (Å²) in [4.78, 5) is 56.6. The van der Waals surface area contributed by atoms with Gasteiger partial charge in [0.25, 0.3) is 0 Å². The van der Waals surface area contributed by atoms with Gasteiger partial charge < -0.3 is 31.1 Å². The van der Waals surface area contributed by atoms with Crippen molar-refractivity contribution in [3.05, 3.63) is 71.8 Å². The lowest BCUT2D eigenvalue weighted by Gasteiger charge is -2.33. The molecular weight excluding hydrogens is 484 g/mol. The SMILES string of the molecule is O=C1NC(Cc2ccccc2)NC(=O)N2CCC[C@H]2C(=O)NC(Cc2ccccc2)NC(=O)N2CCC[C@@H]12. The van der Waals surface area contributed by atoms with Crippen LogP contribution in [0.5, 0.6) is 0 Å². The Hall–Kier alpha value is -4.08. The molecule has 2 aromatic carbocycles. The van der Waals surface area contributed by atoms with Gasteiger partial charge in [-0.05, 0) is 36.8 Å². The van der Waals surface area contributed by atoms with Gasteiger partial charge in [-0.2, -0.15) is 0 Å². The number of hydrogen-bond donors (Lipinski definition) is 4. The minimum absolute atomic E-state index is 0.308. The number of nitrogens with zero attached hydrogens (tertiary/aromatic N) is 2. The van der Waals surface area contributed by atoms with Crippen LogP contribution >= 0.6 is 0 Å². The Balaban J connectivity index is 1.42. The lowest BCUT2D eigenvalue weighted by Crippen LogP contribution is -2.62. The molecule has 2 aromatic rings. The maximum Gasteiger partial charge on any atom is 0.319 e. The summed E-state index contributed by atoms with van der Waals surface area (Å²) >= 11 is 0. The highest BCUT2D eigenvalue weighted by molar-refractivity contribution is 5.90. The van der Waals surface area contributed by atoms with E-state index in [1.54, 1.807) is 0 Å². The van der Waals surface area contributed by atoms with Crippen LogP contribution in [0.3, 0.4) is 0 Å². The molecule has 3 heterocycles. The molecule has 3 aliphatic rings. The van der Waals surface area contributed by atoms with Crippen molar-refractivity contribution >= 4 is 23.9 Å². The molecule has 0 spiro atoms. The van der Waals surface area contributed by atoms with E-state index in [9.17, 15) is 19.2 Å². The summed E-state index contributed by atoms with van der Waals surface area (Å²) in [5, 5.41) is 11.8. The van der Waals surface area contributed by atoms with E-state index in [4.69, 9.17) is 0 Å². The molecular formula is C28H34N6O4. The molecule has 0 saturated carbocycles. The second-order valence-corrected chi connectivity index (χ2v) is 10.1. The van der Waals surface area contributed by atoms with Crippen LogP contribution in [0.1, 0.15) is 36.8 Å². The highest BCUT2D eigenvalue weighted by Crippen LogP contribution is 2.21. The van der Waals surface area contributed by atoms with E-state index in [1.807, 2.05) is 60.7 Å². The molecule has 0 aromatic heterocycles. The van der Waals surface area contributed by atoms with Gasteiger partial charge in [0.15, 0.2) is 0 Å². The van der Waals surface area contributed by atoms with Crippen LogP contribution in [0.4, 0.5) is 9.59 Å². The predicted octanol–water partition coefficient (Wildman–Crippen LogP) is 1.72. The van der Waals surface area contributed by atoms with Crippen molar-refractivity contribution < 1.29 is 19.2 Å². The summed E-state index contributed by atoms with van der Waals surface area (Å²) in [7, 11) is 0. The van der Waals surface area contributed by atoms with E-state index < -0.39 is 36.5 Å². The average Bonchev–Trinajstić information content (AvgIpc) is 3.60. The number of benzene rings is 2. The zero-order chi connectivity index (χ0) is 26.5. The van der Waals surface area contributed by atoms with E-state index in [0.29, 0.717) is 51.6 Å². The minimum Gasteiger partial charge on any atom is -0.334 e. The van der Waals surface area contributed by atoms with Gasteiger partial charge in [-0.3, -0.25) is 9.59 Å². The second kappa shape index (κ2) is 11.5.